The van der Waals surface area contributed by atoms with Crippen LogP contribution < -0.4 is 10.6 Å². The summed E-state index contributed by atoms with van der Waals surface area (Å²) in [5.41, 5.74) is 1.78. The summed E-state index contributed by atoms with van der Waals surface area (Å²) in [6.45, 7) is 0. The summed E-state index contributed by atoms with van der Waals surface area (Å²) in [6.07, 6.45) is 7.98. The second-order valence-corrected chi connectivity index (χ2v) is 6.26. The van der Waals surface area contributed by atoms with E-state index in [1.165, 1.54) is 24.2 Å². The Morgan fingerprint density at radius 2 is 2.11 bits per heavy atom. The van der Waals surface area contributed by atoms with E-state index in [0.717, 1.165) is 33.8 Å². The molecule has 19 heavy (non-hydrogen) atoms. The minimum atomic E-state index is -0.210. The molecule has 2 aliphatic rings. The summed E-state index contributed by atoms with van der Waals surface area (Å²) < 4.78 is 0. The van der Waals surface area contributed by atoms with Gasteiger partial charge in [0.05, 0.1) is 11.9 Å². The molecule has 1 saturated carbocycles. The Balaban J connectivity index is 1.75. The third kappa shape index (κ3) is 1.67. The van der Waals surface area contributed by atoms with Crippen molar-refractivity contribution in [3.05, 3.63) is 23.3 Å². The monoisotopic (exact) mass is 274 g/mol. The summed E-state index contributed by atoms with van der Waals surface area (Å²) in [5.74, 6) is 0.0513. The lowest BCUT2D eigenvalue weighted by Crippen LogP contribution is -2.55. The van der Waals surface area contributed by atoms with Gasteiger partial charge in [-0.05, 0) is 31.7 Å². The maximum absolute atomic E-state index is 12.3. The van der Waals surface area contributed by atoms with Crippen molar-refractivity contribution in [1.82, 2.24) is 15.5 Å². The molecule has 98 valence electrons. The van der Waals surface area contributed by atoms with Gasteiger partial charge in [0.2, 0.25) is 0 Å². The molecule has 6 heteroatoms. The number of aromatic nitrogens is 2. The maximum atomic E-state index is 12.3. The Hall–Kier alpha value is -1.82. The minimum absolute atomic E-state index is 0.0513. The second kappa shape index (κ2) is 3.84. The summed E-state index contributed by atoms with van der Waals surface area (Å²) in [6, 6.07) is 2.06. The van der Waals surface area contributed by atoms with Gasteiger partial charge in [0.25, 0.3) is 5.91 Å². The molecular formula is C13H14N4OS. The van der Waals surface area contributed by atoms with Gasteiger partial charge in [0.15, 0.2) is 0 Å². The van der Waals surface area contributed by atoms with Crippen LogP contribution >= 0.6 is 11.3 Å². The fourth-order valence-electron chi connectivity index (χ4n) is 2.97. The number of carbonyl (C=O) groups is 1. The number of rotatable bonds is 1. The number of hydrogen-bond donors (Lipinski definition) is 3. The molecule has 0 bridgehead atoms. The van der Waals surface area contributed by atoms with Crippen molar-refractivity contribution >= 4 is 22.9 Å². The van der Waals surface area contributed by atoms with E-state index in [4.69, 9.17) is 0 Å². The zero-order chi connectivity index (χ0) is 12.9. The molecule has 1 fully saturated rings. The number of thiophene rings is 1. The Morgan fingerprint density at radius 1 is 1.26 bits per heavy atom. The van der Waals surface area contributed by atoms with Crippen LogP contribution in [0.2, 0.25) is 0 Å². The fourth-order valence-corrected chi connectivity index (χ4v) is 3.96. The first kappa shape index (κ1) is 11.0. The van der Waals surface area contributed by atoms with Gasteiger partial charge >= 0.3 is 0 Å². The van der Waals surface area contributed by atoms with Crippen molar-refractivity contribution in [1.29, 1.82) is 0 Å². The van der Waals surface area contributed by atoms with Crippen molar-refractivity contribution in [3.8, 4) is 10.4 Å². The van der Waals surface area contributed by atoms with Crippen LogP contribution in [-0.4, -0.2) is 21.8 Å². The Morgan fingerprint density at radius 3 is 2.84 bits per heavy atom. The molecule has 2 aromatic rings. The molecule has 0 aromatic carbocycles. The lowest BCUT2D eigenvalue weighted by atomic mass is 10.1. The van der Waals surface area contributed by atoms with E-state index in [1.54, 1.807) is 6.20 Å². The van der Waals surface area contributed by atoms with Gasteiger partial charge in [0.1, 0.15) is 10.5 Å². The molecule has 0 atom stereocenters. The van der Waals surface area contributed by atoms with Crippen LogP contribution in [0.1, 0.15) is 35.4 Å². The number of amides is 1. The van der Waals surface area contributed by atoms with Crippen molar-refractivity contribution in [2.45, 2.75) is 31.3 Å². The maximum Gasteiger partial charge on any atom is 0.265 e. The third-order valence-electron chi connectivity index (χ3n) is 3.90. The SMILES string of the molecule is O=C1NC2(CCCC2)Nc2cc(-c3cn[nH]c3)sc21. The molecule has 5 nitrogen and oxygen atoms in total. The largest absolute Gasteiger partial charge is 0.361 e. The molecule has 1 amide bonds. The molecule has 1 aliphatic carbocycles. The van der Waals surface area contributed by atoms with Crippen LogP contribution in [0.25, 0.3) is 10.4 Å². The number of carbonyl (C=O) groups excluding carboxylic acids is 1. The highest BCUT2D eigenvalue weighted by atomic mass is 32.1. The van der Waals surface area contributed by atoms with E-state index in [1.807, 2.05) is 6.20 Å². The number of hydrogen-bond acceptors (Lipinski definition) is 4. The van der Waals surface area contributed by atoms with Gasteiger partial charge < -0.3 is 10.6 Å². The van der Waals surface area contributed by atoms with Crippen LogP contribution in [-0.2, 0) is 0 Å². The van der Waals surface area contributed by atoms with E-state index >= 15 is 0 Å². The minimum Gasteiger partial charge on any atom is -0.361 e. The van der Waals surface area contributed by atoms with Crippen molar-refractivity contribution in [2.24, 2.45) is 0 Å². The summed E-state index contributed by atoms with van der Waals surface area (Å²) in [7, 11) is 0. The first-order valence-electron chi connectivity index (χ1n) is 6.49. The number of fused-ring (bicyclic) bond motifs is 1. The van der Waals surface area contributed by atoms with Crippen LogP contribution in [0.3, 0.4) is 0 Å². The number of aromatic amines is 1. The van der Waals surface area contributed by atoms with E-state index < -0.39 is 0 Å². The highest BCUT2D eigenvalue weighted by Gasteiger charge is 2.40. The molecule has 1 aliphatic heterocycles. The molecule has 0 radical (unpaired) electrons. The van der Waals surface area contributed by atoms with E-state index in [0.29, 0.717) is 0 Å². The number of nitrogens with one attached hydrogen (secondary N) is 3. The van der Waals surface area contributed by atoms with E-state index in [2.05, 4.69) is 26.9 Å². The first-order chi connectivity index (χ1) is 9.26. The second-order valence-electron chi connectivity index (χ2n) is 5.21. The third-order valence-corrected chi connectivity index (χ3v) is 5.09. The molecular weight excluding hydrogens is 260 g/mol. The Bertz CT molecular complexity index is 625. The molecule has 3 heterocycles. The van der Waals surface area contributed by atoms with Crippen LogP contribution in [0.5, 0.6) is 0 Å². The Kier molecular flexibility index (Phi) is 2.23. The quantitative estimate of drug-likeness (QED) is 0.748. The topological polar surface area (TPSA) is 69.8 Å². The highest BCUT2D eigenvalue weighted by Crippen LogP contribution is 2.41. The van der Waals surface area contributed by atoms with E-state index in [9.17, 15) is 4.79 Å². The standard InChI is InChI=1S/C13H14N4OS/c18-12-11-9(16-13(17-12)3-1-2-4-13)5-10(19-11)8-6-14-15-7-8/h5-7,16H,1-4H2,(H,14,15)(H,17,18). The van der Waals surface area contributed by atoms with Gasteiger partial charge in [-0.15, -0.1) is 11.3 Å². The summed E-state index contributed by atoms with van der Waals surface area (Å²) >= 11 is 1.51. The summed E-state index contributed by atoms with van der Waals surface area (Å²) in [4.78, 5) is 14.1. The number of nitrogens with zero attached hydrogens (tertiary/aromatic N) is 1. The normalized spacial score (nSPS) is 20.1. The zero-order valence-electron chi connectivity index (χ0n) is 10.3. The van der Waals surface area contributed by atoms with Crippen molar-refractivity contribution < 1.29 is 4.79 Å². The van der Waals surface area contributed by atoms with Gasteiger partial charge in [-0.3, -0.25) is 9.89 Å². The summed E-state index contributed by atoms with van der Waals surface area (Å²) in [5, 5.41) is 13.4. The highest BCUT2D eigenvalue weighted by molar-refractivity contribution is 7.18. The number of H-pyrrole nitrogens is 1. The Labute approximate surface area is 114 Å². The molecule has 3 N–H and O–H groups in total. The molecule has 0 unspecified atom stereocenters. The van der Waals surface area contributed by atoms with Crippen LogP contribution in [0.15, 0.2) is 18.5 Å². The lowest BCUT2D eigenvalue weighted by molar-refractivity contribution is 0.0907. The molecule has 0 saturated heterocycles. The molecule has 4 rings (SSSR count). The van der Waals surface area contributed by atoms with Crippen molar-refractivity contribution in [3.63, 3.8) is 0 Å². The van der Waals surface area contributed by atoms with Gasteiger partial charge in [-0.2, -0.15) is 5.10 Å². The zero-order valence-corrected chi connectivity index (χ0v) is 11.1. The number of anilines is 1. The van der Waals surface area contributed by atoms with Gasteiger partial charge in [0, 0.05) is 16.6 Å². The molecule has 1 spiro atoms. The first-order valence-corrected chi connectivity index (χ1v) is 7.31. The lowest BCUT2D eigenvalue weighted by Gasteiger charge is -2.36. The average Bonchev–Trinajstić information content (AvgIpc) is 3.08. The fraction of sp³-hybridized carbons (Fsp3) is 0.385. The van der Waals surface area contributed by atoms with Crippen molar-refractivity contribution in [2.75, 3.05) is 5.32 Å². The smallest absolute Gasteiger partial charge is 0.265 e. The molecule has 2 aromatic heterocycles. The van der Waals surface area contributed by atoms with Gasteiger partial charge in [-0.1, -0.05) is 0 Å². The van der Waals surface area contributed by atoms with Gasteiger partial charge in [-0.25, -0.2) is 0 Å². The van der Waals surface area contributed by atoms with Crippen LogP contribution in [0, 0.1) is 0 Å². The van der Waals surface area contributed by atoms with Crippen LogP contribution in [0.4, 0.5) is 5.69 Å². The average molecular weight is 274 g/mol. The predicted molar refractivity (Wildman–Crippen MR) is 74.2 cm³/mol. The predicted octanol–water partition coefficient (Wildman–Crippen LogP) is 2.56. The van der Waals surface area contributed by atoms with E-state index in [-0.39, 0.29) is 11.6 Å².